The molecule has 0 aromatic heterocycles. The van der Waals surface area contributed by atoms with Crippen molar-refractivity contribution in [1.29, 1.82) is 0 Å². The normalized spacial score (nSPS) is 12.1. The van der Waals surface area contributed by atoms with E-state index < -0.39 is 74.3 Å². The third-order valence-corrected chi connectivity index (χ3v) is 6.58. The Morgan fingerprint density at radius 3 is 1.71 bits per heavy atom. The van der Waals surface area contributed by atoms with E-state index in [4.69, 9.17) is 0 Å². The molecular weight excluding hydrogens is 786 g/mol. The largest absolute Gasteiger partial charge is 0.461 e. The molecule has 0 radical (unpaired) electrons. The third kappa shape index (κ3) is 10.9. The van der Waals surface area contributed by atoms with Gasteiger partial charge in [0.25, 0.3) is 12.9 Å². The fourth-order valence-corrected chi connectivity index (χ4v) is 3.89. The Kier molecular flexibility index (Phi) is 15.7. The first-order valence-electron chi connectivity index (χ1n) is 10.4. The summed E-state index contributed by atoms with van der Waals surface area (Å²) in [5, 5.41) is 9.43. The molecule has 0 saturated heterocycles. The Balaban J connectivity index is 0.000000631. The van der Waals surface area contributed by atoms with Crippen molar-refractivity contribution in [2.24, 2.45) is 0 Å². The number of carbonyl (C=O) groups is 3. The van der Waals surface area contributed by atoms with Gasteiger partial charge in [0, 0.05) is 42.9 Å². The Hall–Kier alpha value is -2.05. The van der Waals surface area contributed by atoms with Crippen LogP contribution in [-0.2, 0) is 14.3 Å². The second kappa shape index (κ2) is 16.6. The minimum absolute atomic E-state index is 0.0108. The van der Waals surface area contributed by atoms with E-state index in [-0.39, 0.29) is 16.6 Å². The van der Waals surface area contributed by atoms with Crippen molar-refractivity contribution >= 4 is 65.8 Å². The van der Waals surface area contributed by atoms with Gasteiger partial charge in [0.1, 0.15) is 11.6 Å². The van der Waals surface area contributed by atoms with E-state index in [9.17, 15) is 63.4 Å². The minimum Gasteiger partial charge on any atom is -0.461 e. The highest BCUT2D eigenvalue weighted by molar-refractivity contribution is 9.11. The molecule has 0 aliphatic heterocycles. The Morgan fingerprint density at radius 2 is 1.37 bits per heavy atom. The fraction of sp³-hybridized carbons (Fsp3) is 0.348. The molecule has 18 heteroatoms. The summed E-state index contributed by atoms with van der Waals surface area (Å²) < 4.78 is 129. The first kappa shape index (κ1) is 39.0. The summed E-state index contributed by atoms with van der Waals surface area (Å²) >= 11 is 7.13. The highest BCUT2D eigenvalue weighted by atomic mass is 79.9. The van der Waals surface area contributed by atoms with Gasteiger partial charge in [-0.2, -0.15) is 17.6 Å². The van der Waals surface area contributed by atoms with Gasteiger partial charge in [0.05, 0.1) is 17.7 Å². The second-order valence-electron chi connectivity index (χ2n) is 7.25. The lowest BCUT2D eigenvalue weighted by Gasteiger charge is -2.22. The maximum atomic E-state index is 13.3. The zero-order chi connectivity index (χ0) is 32.5. The van der Waals surface area contributed by atoms with Crippen LogP contribution in [0.25, 0.3) is 0 Å². The van der Waals surface area contributed by atoms with E-state index in [0.29, 0.717) is 25.3 Å². The summed E-state index contributed by atoms with van der Waals surface area (Å²) in [6, 6.07) is 3.22. The van der Waals surface area contributed by atoms with E-state index in [2.05, 4.69) is 36.6 Å². The summed E-state index contributed by atoms with van der Waals surface area (Å²) in [6.07, 6.45) is -8.45. The molecule has 1 atom stereocenters. The van der Waals surface area contributed by atoms with Crippen LogP contribution in [0.2, 0.25) is 0 Å². The maximum Gasteiger partial charge on any atom is 0.395 e. The number of benzene rings is 2. The molecule has 0 aliphatic carbocycles. The molecule has 2 aromatic carbocycles. The van der Waals surface area contributed by atoms with Gasteiger partial charge in [-0.15, -0.1) is 0 Å². The van der Waals surface area contributed by atoms with Crippen LogP contribution in [0.1, 0.15) is 59.9 Å². The molecule has 1 unspecified atom stereocenters. The molecule has 5 nitrogen and oxygen atoms in total. The average molecular weight is 803 g/mol. The van der Waals surface area contributed by atoms with Gasteiger partial charge in [-0.3, -0.25) is 9.59 Å². The number of carbonyl (C=O) groups excluding carboxylic acids is 3. The first-order valence-corrected chi connectivity index (χ1v) is 12.8. The minimum atomic E-state index is -4.15. The summed E-state index contributed by atoms with van der Waals surface area (Å²) in [5.41, 5.74) is -2.59. The monoisotopic (exact) mass is 800 g/mol. The number of esters is 1. The molecular formula is C23H17Br3F10O5. The second-order valence-corrected chi connectivity index (χ2v) is 9.83. The lowest BCUT2D eigenvalue weighted by atomic mass is 9.99. The van der Waals surface area contributed by atoms with E-state index in [1.54, 1.807) is 0 Å². The van der Waals surface area contributed by atoms with Crippen LogP contribution in [0.4, 0.5) is 43.9 Å². The van der Waals surface area contributed by atoms with Gasteiger partial charge in [-0.05, 0) is 57.0 Å². The zero-order valence-electron chi connectivity index (χ0n) is 20.3. The SMILES string of the molecule is CC(=O)C(F)(F)C(O)c1ccc(F)c(C(F)F)c1Br.CCOC(=O)C(F)(F)Br.O=Cc1ccc(F)c(C(F)F)c1Br. The molecule has 0 saturated carbocycles. The van der Waals surface area contributed by atoms with Gasteiger partial charge < -0.3 is 9.84 Å². The number of hydrogen-bond donors (Lipinski definition) is 1. The molecule has 0 fully saturated rings. The molecule has 0 spiro atoms. The topological polar surface area (TPSA) is 80.7 Å². The first-order chi connectivity index (χ1) is 18.7. The van der Waals surface area contributed by atoms with Gasteiger partial charge in [0.2, 0.25) is 5.78 Å². The van der Waals surface area contributed by atoms with E-state index in [1.165, 1.54) is 6.92 Å². The number of aliphatic hydroxyl groups excluding tert-OH is 1. The number of rotatable bonds is 8. The van der Waals surface area contributed by atoms with E-state index in [1.807, 2.05) is 15.9 Å². The highest BCUT2D eigenvalue weighted by Gasteiger charge is 2.45. The van der Waals surface area contributed by atoms with Crippen LogP contribution in [0, 0.1) is 11.6 Å². The Bertz CT molecular complexity index is 1220. The molecule has 2 aromatic rings. The molecule has 0 amide bonds. The van der Waals surface area contributed by atoms with Crippen LogP contribution >= 0.6 is 47.8 Å². The predicted octanol–water partition coefficient (Wildman–Crippen LogP) is 8.66. The summed E-state index contributed by atoms with van der Waals surface area (Å²) in [7, 11) is 0. The lowest BCUT2D eigenvalue weighted by molar-refractivity contribution is -0.159. The number of aldehydes is 1. The van der Waals surface area contributed by atoms with Gasteiger partial charge >= 0.3 is 16.7 Å². The number of ketones is 1. The van der Waals surface area contributed by atoms with Crippen molar-refractivity contribution in [1.82, 2.24) is 0 Å². The van der Waals surface area contributed by atoms with Crippen LogP contribution in [-0.4, -0.2) is 40.5 Å². The van der Waals surface area contributed by atoms with Crippen LogP contribution in [0.5, 0.6) is 0 Å². The van der Waals surface area contributed by atoms with Crippen molar-refractivity contribution in [2.75, 3.05) is 6.61 Å². The number of aliphatic hydroxyl groups is 1. The fourth-order valence-electron chi connectivity index (χ4n) is 2.48. The Labute approximate surface area is 250 Å². The van der Waals surface area contributed by atoms with Crippen molar-refractivity contribution in [3.05, 3.63) is 67.1 Å². The number of Topliss-reactive ketones (excluding diaryl/α,β-unsaturated/α-hetero) is 1. The van der Waals surface area contributed by atoms with Gasteiger partial charge in [0.15, 0.2) is 12.4 Å². The number of alkyl halides is 9. The summed E-state index contributed by atoms with van der Waals surface area (Å²) in [6.45, 7) is 1.96. The third-order valence-electron chi connectivity index (χ3n) is 4.49. The summed E-state index contributed by atoms with van der Waals surface area (Å²) in [4.78, 5) is 27.6. The average Bonchev–Trinajstić information content (AvgIpc) is 2.84. The standard InChI is InChI=1S/C11H8BrF5O2.C8H4BrF3O.C4H5BrF2O2/c1-4(18)11(16,17)9(19)5-2-3-6(13)7(8(5)12)10(14)15;9-7-4(3-13)1-2-5(10)6(7)8(11)12;1-2-9-3(8)4(5,6)7/h2-3,9-10,19H,1H3;1-3,8H;2H2,1H3. The van der Waals surface area contributed by atoms with Crippen LogP contribution in [0.15, 0.2) is 33.2 Å². The van der Waals surface area contributed by atoms with Gasteiger partial charge in [-0.1, -0.05) is 6.07 Å². The molecule has 0 aliphatic rings. The van der Waals surface area contributed by atoms with Crippen LogP contribution < -0.4 is 0 Å². The van der Waals surface area contributed by atoms with E-state index in [0.717, 1.165) is 12.1 Å². The number of ether oxygens (including phenoxy) is 1. The molecule has 1 N–H and O–H groups in total. The smallest absolute Gasteiger partial charge is 0.395 e. The van der Waals surface area contributed by atoms with Crippen molar-refractivity contribution in [2.45, 2.75) is 43.6 Å². The lowest BCUT2D eigenvalue weighted by Crippen LogP contribution is -2.34. The highest BCUT2D eigenvalue weighted by Crippen LogP contribution is 2.40. The number of halogens is 13. The number of hydrogen-bond acceptors (Lipinski definition) is 5. The van der Waals surface area contributed by atoms with Crippen LogP contribution in [0.3, 0.4) is 0 Å². The molecule has 0 bridgehead atoms. The quantitative estimate of drug-likeness (QED) is 0.125. The van der Waals surface area contributed by atoms with Crippen molar-refractivity contribution in [3.63, 3.8) is 0 Å². The summed E-state index contributed by atoms with van der Waals surface area (Å²) in [5.74, 6) is -9.66. The van der Waals surface area contributed by atoms with E-state index >= 15 is 0 Å². The molecule has 2 rings (SSSR count). The zero-order valence-corrected chi connectivity index (χ0v) is 25.1. The predicted molar refractivity (Wildman–Crippen MR) is 135 cm³/mol. The van der Waals surface area contributed by atoms with Crippen molar-refractivity contribution < 1.29 is 68.1 Å². The molecule has 0 heterocycles. The van der Waals surface area contributed by atoms with Gasteiger partial charge in [-0.25, -0.2) is 31.1 Å². The van der Waals surface area contributed by atoms with Crippen molar-refractivity contribution in [3.8, 4) is 0 Å². The molecule has 230 valence electrons. The molecule has 41 heavy (non-hydrogen) atoms. The maximum absolute atomic E-state index is 13.3. The Morgan fingerprint density at radius 1 is 0.927 bits per heavy atom.